The summed E-state index contributed by atoms with van der Waals surface area (Å²) in [6, 6.07) is 9.30. The molecule has 132 valence electrons. The fourth-order valence-electron chi connectivity index (χ4n) is 3.09. The van der Waals surface area contributed by atoms with Crippen LogP contribution in [0.2, 0.25) is 0 Å². The monoisotopic (exact) mass is 344 g/mol. The van der Waals surface area contributed by atoms with Gasteiger partial charge in [-0.05, 0) is 37.1 Å². The third-order valence-electron chi connectivity index (χ3n) is 4.44. The Balaban J connectivity index is 1.63. The van der Waals surface area contributed by atoms with Crippen LogP contribution in [-0.2, 0) is 7.05 Å². The van der Waals surface area contributed by atoms with Gasteiger partial charge < -0.3 is 14.2 Å². The summed E-state index contributed by atoms with van der Waals surface area (Å²) in [6.07, 6.45) is 3.42. The molecular weight excluding hydrogens is 323 g/mol. The Kier molecular flexibility index (Phi) is 5.16. The van der Waals surface area contributed by atoms with Gasteiger partial charge in [-0.2, -0.15) is 0 Å². The zero-order chi connectivity index (χ0) is 17.8. The average molecular weight is 344 g/mol. The molecule has 1 aromatic heterocycles. The van der Waals surface area contributed by atoms with E-state index in [1.54, 1.807) is 42.4 Å². The maximum absolute atomic E-state index is 13.2. The number of aryl methyl sites for hydroxylation is 1. The highest BCUT2D eigenvalue weighted by Gasteiger charge is 2.26. The predicted molar refractivity (Wildman–Crippen MR) is 92.2 cm³/mol. The van der Waals surface area contributed by atoms with E-state index in [-0.39, 0.29) is 28.8 Å². The van der Waals surface area contributed by atoms with E-state index >= 15 is 0 Å². The fourth-order valence-corrected chi connectivity index (χ4v) is 3.09. The van der Waals surface area contributed by atoms with Gasteiger partial charge in [0.05, 0.1) is 6.61 Å². The summed E-state index contributed by atoms with van der Waals surface area (Å²) in [5.41, 5.74) is -0.0951. The standard InChI is InChI=1S/C19H21FN2O3/c1-21-9-4-8-17(18(21)23)19(24)22-10-3-5-14(12-22)13-25-16-7-2-6-15(20)11-16/h2,4,6-9,11,14H,3,5,10,12-13H2,1H3/t14-/m0/s1. The van der Waals surface area contributed by atoms with E-state index in [0.29, 0.717) is 25.4 Å². The number of nitrogens with zero attached hydrogens (tertiary/aromatic N) is 2. The van der Waals surface area contributed by atoms with Crippen LogP contribution in [0.4, 0.5) is 4.39 Å². The predicted octanol–water partition coefficient (Wildman–Crippen LogP) is 2.46. The highest BCUT2D eigenvalue weighted by molar-refractivity contribution is 5.93. The quantitative estimate of drug-likeness (QED) is 0.856. The van der Waals surface area contributed by atoms with Crippen LogP contribution < -0.4 is 10.3 Å². The first-order valence-electron chi connectivity index (χ1n) is 8.38. The molecule has 2 heterocycles. The minimum Gasteiger partial charge on any atom is -0.493 e. The Hall–Kier alpha value is -2.63. The Bertz CT molecular complexity index is 818. The second-order valence-corrected chi connectivity index (χ2v) is 6.37. The van der Waals surface area contributed by atoms with E-state index in [0.717, 1.165) is 12.8 Å². The molecular formula is C19H21FN2O3. The van der Waals surface area contributed by atoms with Gasteiger partial charge >= 0.3 is 0 Å². The lowest BCUT2D eigenvalue weighted by Crippen LogP contribution is -2.43. The molecule has 1 saturated heterocycles. The summed E-state index contributed by atoms with van der Waals surface area (Å²) in [4.78, 5) is 26.5. The van der Waals surface area contributed by atoms with Crippen LogP contribution >= 0.6 is 0 Å². The molecule has 1 aliphatic rings. The smallest absolute Gasteiger partial charge is 0.263 e. The molecule has 0 unspecified atom stereocenters. The molecule has 5 nitrogen and oxygen atoms in total. The van der Waals surface area contributed by atoms with E-state index in [2.05, 4.69) is 0 Å². The number of ether oxygens (including phenoxy) is 1. The van der Waals surface area contributed by atoms with Crippen molar-refractivity contribution < 1.29 is 13.9 Å². The Morgan fingerprint density at radius 1 is 1.32 bits per heavy atom. The number of rotatable bonds is 4. The van der Waals surface area contributed by atoms with E-state index in [1.807, 2.05) is 0 Å². The van der Waals surface area contributed by atoms with Crippen LogP contribution in [0.15, 0.2) is 47.4 Å². The molecule has 1 aromatic carbocycles. The SMILES string of the molecule is Cn1cccc(C(=O)N2CCC[C@H](COc3cccc(F)c3)C2)c1=O. The first-order chi connectivity index (χ1) is 12.0. The molecule has 1 aliphatic heterocycles. The minimum absolute atomic E-state index is 0.161. The third kappa shape index (κ3) is 4.07. The number of hydrogen-bond acceptors (Lipinski definition) is 3. The first kappa shape index (κ1) is 17.2. The summed E-state index contributed by atoms with van der Waals surface area (Å²) in [7, 11) is 1.63. The molecule has 0 aliphatic carbocycles. The third-order valence-corrected chi connectivity index (χ3v) is 4.44. The average Bonchev–Trinajstić information content (AvgIpc) is 2.62. The lowest BCUT2D eigenvalue weighted by molar-refractivity contribution is 0.0631. The van der Waals surface area contributed by atoms with Crippen molar-refractivity contribution >= 4 is 5.91 Å². The van der Waals surface area contributed by atoms with Crippen LogP contribution in [0.25, 0.3) is 0 Å². The summed E-state index contributed by atoms with van der Waals surface area (Å²) in [5, 5.41) is 0. The number of halogens is 1. The summed E-state index contributed by atoms with van der Waals surface area (Å²) >= 11 is 0. The van der Waals surface area contributed by atoms with Gasteiger partial charge in [-0.25, -0.2) is 4.39 Å². The van der Waals surface area contributed by atoms with Crippen molar-refractivity contribution in [2.24, 2.45) is 13.0 Å². The Labute approximate surface area is 145 Å². The number of aromatic nitrogens is 1. The normalized spacial score (nSPS) is 17.4. The molecule has 2 aromatic rings. The highest BCUT2D eigenvalue weighted by Crippen LogP contribution is 2.20. The number of piperidine rings is 1. The van der Waals surface area contributed by atoms with Gasteiger partial charge in [0.15, 0.2) is 0 Å². The molecule has 0 spiro atoms. The first-order valence-corrected chi connectivity index (χ1v) is 8.38. The molecule has 6 heteroatoms. The molecule has 0 N–H and O–H groups in total. The summed E-state index contributed by atoms with van der Waals surface area (Å²) in [6.45, 7) is 1.58. The van der Waals surface area contributed by atoms with Crippen molar-refractivity contribution in [1.29, 1.82) is 0 Å². The molecule has 0 radical (unpaired) electrons. The van der Waals surface area contributed by atoms with Gasteiger partial charge in [0.2, 0.25) is 0 Å². The molecule has 1 amide bonds. The molecule has 1 atom stereocenters. The van der Waals surface area contributed by atoms with Crippen LogP contribution in [0.1, 0.15) is 23.2 Å². The van der Waals surface area contributed by atoms with E-state index < -0.39 is 0 Å². The zero-order valence-electron chi connectivity index (χ0n) is 14.2. The number of pyridine rings is 1. The second kappa shape index (κ2) is 7.51. The van der Waals surface area contributed by atoms with Crippen LogP contribution in [0, 0.1) is 11.7 Å². The van der Waals surface area contributed by atoms with E-state index in [9.17, 15) is 14.0 Å². The van der Waals surface area contributed by atoms with Crippen molar-refractivity contribution in [3.05, 3.63) is 64.3 Å². The molecule has 0 bridgehead atoms. The lowest BCUT2D eigenvalue weighted by Gasteiger charge is -2.32. The van der Waals surface area contributed by atoms with Crippen molar-refractivity contribution in [2.45, 2.75) is 12.8 Å². The molecule has 1 fully saturated rings. The van der Waals surface area contributed by atoms with Gasteiger partial charge in [-0.15, -0.1) is 0 Å². The maximum Gasteiger partial charge on any atom is 0.263 e. The maximum atomic E-state index is 13.2. The van der Waals surface area contributed by atoms with Gasteiger partial charge in [-0.1, -0.05) is 6.07 Å². The van der Waals surface area contributed by atoms with Crippen LogP contribution in [0.5, 0.6) is 5.75 Å². The molecule has 0 saturated carbocycles. The summed E-state index contributed by atoms with van der Waals surface area (Å²) < 4.78 is 20.3. The largest absolute Gasteiger partial charge is 0.493 e. The number of amides is 1. The minimum atomic E-state index is -0.335. The number of carbonyl (C=O) groups is 1. The van der Waals surface area contributed by atoms with Crippen LogP contribution in [-0.4, -0.2) is 35.1 Å². The topological polar surface area (TPSA) is 51.5 Å². The van der Waals surface area contributed by atoms with Crippen molar-refractivity contribution in [1.82, 2.24) is 9.47 Å². The van der Waals surface area contributed by atoms with Gasteiger partial charge in [0, 0.05) is 38.3 Å². The van der Waals surface area contributed by atoms with E-state index in [4.69, 9.17) is 4.74 Å². The number of likely N-dealkylation sites (tertiary alicyclic amines) is 1. The lowest BCUT2D eigenvalue weighted by atomic mass is 9.98. The van der Waals surface area contributed by atoms with Crippen molar-refractivity contribution in [3.8, 4) is 5.75 Å². The van der Waals surface area contributed by atoms with E-state index in [1.165, 1.54) is 16.7 Å². The molecule has 3 rings (SSSR count). The second-order valence-electron chi connectivity index (χ2n) is 6.37. The molecule has 25 heavy (non-hydrogen) atoms. The van der Waals surface area contributed by atoms with Gasteiger partial charge in [0.1, 0.15) is 17.1 Å². The van der Waals surface area contributed by atoms with Gasteiger partial charge in [-0.3, -0.25) is 9.59 Å². The van der Waals surface area contributed by atoms with Gasteiger partial charge in [0.25, 0.3) is 11.5 Å². The number of hydrogen-bond donors (Lipinski definition) is 0. The van der Waals surface area contributed by atoms with Crippen molar-refractivity contribution in [2.75, 3.05) is 19.7 Å². The number of benzene rings is 1. The Morgan fingerprint density at radius 2 is 2.16 bits per heavy atom. The highest BCUT2D eigenvalue weighted by atomic mass is 19.1. The fraction of sp³-hybridized carbons (Fsp3) is 0.368. The number of carbonyl (C=O) groups excluding carboxylic acids is 1. The van der Waals surface area contributed by atoms with Crippen molar-refractivity contribution in [3.63, 3.8) is 0 Å². The summed E-state index contributed by atoms with van der Waals surface area (Å²) in [5.74, 6) is 0.0726. The zero-order valence-corrected chi connectivity index (χ0v) is 14.2. The van der Waals surface area contributed by atoms with Crippen LogP contribution in [0.3, 0.4) is 0 Å². The Morgan fingerprint density at radius 3 is 2.96 bits per heavy atom.